The van der Waals surface area contributed by atoms with Crippen molar-refractivity contribution in [3.05, 3.63) is 23.5 Å². The van der Waals surface area contributed by atoms with Crippen LogP contribution in [-0.2, 0) is 4.79 Å². The zero-order chi connectivity index (χ0) is 12.0. The lowest BCUT2D eigenvalue weighted by Gasteiger charge is -2.12. The molecule has 3 N–H and O–H groups in total. The van der Waals surface area contributed by atoms with E-state index in [2.05, 4.69) is 17.2 Å². The van der Waals surface area contributed by atoms with Gasteiger partial charge in [0.25, 0.3) is 0 Å². The van der Waals surface area contributed by atoms with Crippen molar-refractivity contribution in [2.24, 2.45) is 5.73 Å². The molecule has 0 aliphatic heterocycles. The third-order valence-corrected chi connectivity index (χ3v) is 2.52. The number of nitrogens with zero attached hydrogens (tertiary/aromatic N) is 1. The lowest BCUT2D eigenvalue weighted by atomic mass is 10.1. The number of anilines is 1. The molecular formula is C11H16ClN3O. The van der Waals surface area contributed by atoms with Gasteiger partial charge in [0.05, 0.1) is 11.7 Å². The monoisotopic (exact) mass is 241 g/mol. The Bertz CT molecular complexity index is 357. The van der Waals surface area contributed by atoms with Crippen molar-refractivity contribution in [3.8, 4) is 0 Å². The minimum Gasteiger partial charge on any atom is -0.322 e. The molecule has 0 bridgehead atoms. The van der Waals surface area contributed by atoms with Crippen LogP contribution in [0.15, 0.2) is 18.3 Å². The Labute approximate surface area is 100 Å². The number of nitrogens with one attached hydrogen (secondary N) is 1. The maximum absolute atomic E-state index is 11.6. The molecule has 1 heterocycles. The topological polar surface area (TPSA) is 68.0 Å². The number of aromatic nitrogens is 1. The zero-order valence-electron chi connectivity index (χ0n) is 9.24. The smallest absolute Gasteiger partial charge is 0.241 e. The maximum atomic E-state index is 11.6. The molecule has 4 nitrogen and oxygen atoms in total. The Balaban J connectivity index is 2.54. The van der Waals surface area contributed by atoms with Crippen LogP contribution in [0.3, 0.4) is 0 Å². The van der Waals surface area contributed by atoms with Crippen molar-refractivity contribution in [2.75, 3.05) is 5.32 Å². The first-order chi connectivity index (χ1) is 7.65. The van der Waals surface area contributed by atoms with Gasteiger partial charge in [-0.15, -0.1) is 0 Å². The average molecular weight is 242 g/mol. The Kier molecular flexibility index (Phi) is 5.22. The van der Waals surface area contributed by atoms with Gasteiger partial charge in [-0.2, -0.15) is 0 Å². The van der Waals surface area contributed by atoms with Crippen LogP contribution in [0.4, 0.5) is 5.69 Å². The summed E-state index contributed by atoms with van der Waals surface area (Å²) in [6.45, 7) is 2.06. The first-order valence-corrected chi connectivity index (χ1v) is 5.70. The number of hydrogen-bond donors (Lipinski definition) is 2. The average Bonchev–Trinajstić information content (AvgIpc) is 2.28. The summed E-state index contributed by atoms with van der Waals surface area (Å²) in [6.07, 6.45) is 4.21. The van der Waals surface area contributed by atoms with Crippen LogP contribution in [0.5, 0.6) is 0 Å². The number of nitrogens with two attached hydrogens (primary N) is 1. The van der Waals surface area contributed by atoms with Gasteiger partial charge in [-0.05, 0) is 18.6 Å². The van der Waals surface area contributed by atoms with Crippen LogP contribution in [0.25, 0.3) is 0 Å². The summed E-state index contributed by atoms with van der Waals surface area (Å²) in [5, 5.41) is 2.94. The Morgan fingerprint density at radius 1 is 1.69 bits per heavy atom. The molecule has 0 aliphatic rings. The molecule has 1 aromatic rings. The lowest BCUT2D eigenvalue weighted by Crippen LogP contribution is -2.35. The number of pyridine rings is 1. The van der Waals surface area contributed by atoms with Crippen LogP contribution in [0, 0.1) is 0 Å². The van der Waals surface area contributed by atoms with Crippen molar-refractivity contribution >= 4 is 23.2 Å². The van der Waals surface area contributed by atoms with Crippen LogP contribution >= 0.6 is 11.6 Å². The van der Waals surface area contributed by atoms with Gasteiger partial charge in [-0.1, -0.05) is 31.4 Å². The standard InChI is InChI=1S/C11H16ClN3O/c1-2-3-5-8(13)11(16)15-9-6-4-7-14-10(9)12/h4,6-8H,2-3,5,13H2,1H3,(H,15,16). The van der Waals surface area contributed by atoms with E-state index in [1.165, 1.54) is 0 Å². The molecule has 1 rings (SSSR count). The van der Waals surface area contributed by atoms with Gasteiger partial charge in [-0.3, -0.25) is 4.79 Å². The van der Waals surface area contributed by atoms with Crippen LogP contribution in [0.1, 0.15) is 26.2 Å². The molecular weight excluding hydrogens is 226 g/mol. The van der Waals surface area contributed by atoms with Crippen molar-refractivity contribution in [1.29, 1.82) is 0 Å². The van der Waals surface area contributed by atoms with Gasteiger partial charge in [0.15, 0.2) is 5.15 Å². The summed E-state index contributed by atoms with van der Waals surface area (Å²) >= 11 is 5.81. The molecule has 0 saturated heterocycles. The van der Waals surface area contributed by atoms with E-state index in [1.807, 2.05) is 0 Å². The van der Waals surface area contributed by atoms with E-state index in [0.717, 1.165) is 12.8 Å². The van der Waals surface area contributed by atoms with E-state index < -0.39 is 6.04 Å². The second kappa shape index (κ2) is 6.45. The van der Waals surface area contributed by atoms with Crippen molar-refractivity contribution < 1.29 is 4.79 Å². The minimum atomic E-state index is -0.490. The summed E-state index contributed by atoms with van der Waals surface area (Å²) < 4.78 is 0. The molecule has 1 aromatic heterocycles. The Morgan fingerprint density at radius 3 is 3.06 bits per heavy atom. The number of halogens is 1. The first kappa shape index (κ1) is 12.9. The normalized spacial score (nSPS) is 12.2. The fourth-order valence-corrected chi connectivity index (χ4v) is 1.43. The second-order valence-corrected chi connectivity index (χ2v) is 3.94. The first-order valence-electron chi connectivity index (χ1n) is 5.32. The second-order valence-electron chi connectivity index (χ2n) is 3.58. The van der Waals surface area contributed by atoms with Gasteiger partial charge in [0, 0.05) is 6.20 Å². The summed E-state index contributed by atoms with van der Waals surface area (Å²) in [5.41, 5.74) is 6.23. The van der Waals surface area contributed by atoms with Gasteiger partial charge in [-0.25, -0.2) is 4.98 Å². The number of carbonyl (C=O) groups is 1. The number of unbranched alkanes of at least 4 members (excludes halogenated alkanes) is 1. The zero-order valence-corrected chi connectivity index (χ0v) is 10.00. The molecule has 0 fully saturated rings. The minimum absolute atomic E-state index is 0.219. The summed E-state index contributed by atoms with van der Waals surface area (Å²) in [7, 11) is 0. The maximum Gasteiger partial charge on any atom is 0.241 e. The summed E-state index contributed by atoms with van der Waals surface area (Å²) in [4.78, 5) is 15.5. The molecule has 0 spiro atoms. The summed E-state index contributed by atoms with van der Waals surface area (Å²) in [6, 6.07) is 2.91. The van der Waals surface area contributed by atoms with Crippen LogP contribution in [-0.4, -0.2) is 16.9 Å². The third-order valence-electron chi connectivity index (χ3n) is 2.22. The molecule has 5 heteroatoms. The highest BCUT2D eigenvalue weighted by Gasteiger charge is 2.14. The predicted molar refractivity (Wildman–Crippen MR) is 65.4 cm³/mol. The van der Waals surface area contributed by atoms with E-state index in [4.69, 9.17) is 17.3 Å². The molecule has 1 atom stereocenters. The molecule has 88 valence electrons. The SMILES string of the molecule is CCCCC(N)C(=O)Nc1cccnc1Cl. The quantitative estimate of drug-likeness (QED) is 0.777. The predicted octanol–water partition coefficient (Wildman–Crippen LogP) is 2.19. The van der Waals surface area contributed by atoms with Gasteiger partial charge < -0.3 is 11.1 Å². The van der Waals surface area contributed by atoms with Gasteiger partial charge in [0.1, 0.15) is 0 Å². The molecule has 1 unspecified atom stereocenters. The van der Waals surface area contributed by atoms with E-state index in [0.29, 0.717) is 12.1 Å². The van der Waals surface area contributed by atoms with Crippen molar-refractivity contribution in [3.63, 3.8) is 0 Å². The van der Waals surface area contributed by atoms with E-state index in [9.17, 15) is 4.79 Å². The summed E-state index contributed by atoms with van der Waals surface area (Å²) in [5.74, 6) is -0.219. The highest BCUT2D eigenvalue weighted by atomic mass is 35.5. The lowest BCUT2D eigenvalue weighted by molar-refractivity contribution is -0.117. The number of amides is 1. The van der Waals surface area contributed by atoms with E-state index >= 15 is 0 Å². The molecule has 0 aliphatic carbocycles. The molecule has 0 saturated carbocycles. The van der Waals surface area contributed by atoms with Crippen LogP contribution < -0.4 is 11.1 Å². The van der Waals surface area contributed by atoms with Gasteiger partial charge in [0.2, 0.25) is 5.91 Å². The fraction of sp³-hybridized carbons (Fsp3) is 0.455. The fourth-order valence-electron chi connectivity index (χ4n) is 1.26. The highest BCUT2D eigenvalue weighted by molar-refractivity contribution is 6.32. The number of rotatable bonds is 5. The van der Waals surface area contributed by atoms with Crippen molar-refractivity contribution in [1.82, 2.24) is 4.98 Å². The largest absolute Gasteiger partial charge is 0.322 e. The molecule has 16 heavy (non-hydrogen) atoms. The Hall–Kier alpha value is -1.13. The number of carbonyl (C=O) groups excluding carboxylic acids is 1. The van der Waals surface area contributed by atoms with E-state index in [1.54, 1.807) is 18.3 Å². The number of hydrogen-bond acceptors (Lipinski definition) is 3. The van der Waals surface area contributed by atoms with E-state index in [-0.39, 0.29) is 11.1 Å². The Morgan fingerprint density at radius 2 is 2.44 bits per heavy atom. The van der Waals surface area contributed by atoms with Crippen molar-refractivity contribution in [2.45, 2.75) is 32.2 Å². The van der Waals surface area contributed by atoms with Crippen LogP contribution in [0.2, 0.25) is 5.15 Å². The molecule has 0 aromatic carbocycles. The van der Waals surface area contributed by atoms with Gasteiger partial charge >= 0.3 is 0 Å². The molecule has 0 radical (unpaired) electrons. The molecule has 1 amide bonds. The highest BCUT2D eigenvalue weighted by Crippen LogP contribution is 2.17. The third kappa shape index (κ3) is 3.79.